The molecule has 1 fully saturated rings. The minimum Gasteiger partial charge on any atom is -0.477 e. The van der Waals surface area contributed by atoms with Gasteiger partial charge in [0.15, 0.2) is 0 Å². The van der Waals surface area contributed by atoms with Gasteiger partial charge in [-0.2, -0.15) is 13.2 Å². The van der Waals surface area contributed by atoms with Crippen molar-refractivity contribution in [3.63, 3.8) is 0 Å². The molecule has 0 radical (unpaired) electrons. The Morgan fingerprint density at radius 3 is 2.62 bits per heavy atom. The number of nitrogens with one attached hydrogen (secondary N) is 1. The third-order valence-electron chi connectivity index (χ3n) is 2.71. The van der Waals surface area contributed by atoms with Gasteiger partial charge in [0.25, 0.3) is 0 Å². The van der Waals surface area contributed by atoms with Crippen LogP contribution in [0.2, 0.25) is 0 Å². The molecule has 1 aliphatic rings. The van der Waals surface area contributed by atoms with Crippen molar-refractivity contribution in [2.45, 2.75) is 23.9 Å². The van der Waals surface area contributed by atoms with E-state index in [0.29, 0.717) is 12.5 Å². The summed E-state index contributed by atoms with van der Waals surface area (Å²) in [5.41, 5.74) is 0. The van der Waals surface area contributed by atoms with Crippen molar-refractivity contribution in [3.05, 3.63) is 16.7 Å². The predicted molar refractivity (Wildman–Crippen MR) is 71.4 cm³/mol. The van der Waals surface area contributed by atoms with E-state index in [9.17, 15) is 21.6 Å². The summed E-state index contributed by atoms with van der Waals surface area (Å²) in [6, 6.07) is 1.16. The topological polar surface area (TPSA) is 68.3 Å². The van der Waals surface area contributed by atoms with Crippen molar-refractivity contribution in [2.24, 2.45) is 5.92 Å². The molecule has 0 aliphatic heterocycles. The van der Waals surface area contributed by atoms with Crippen molar-refractivity contribution >= 4 is 26.0 Å². The highest BCUT2D eigenvalue weighted by Gasteiger charge is 2.30. The Hall–Kier alpha value is -0.870. The Morgan fingerprint density at radius 2 is 2.10 bits per heavy atom. The lowest BCUT2D eigenvalue weighted by Crippen LogP contribution is -2.33. The zero-order chi connectivity index (χ0) is 15.7. The fourth-order valence-electron chi connectivity index (χ4n) is 1.40. The second-order valence-electron chi connectivity index (χ2n) is 4.65. The Balaban J connectivity index is 2.06. The average molecular weight is 389 g/mol. The molecular weight excluding hydrogens is 377 g/mol. The lowest BCUT2D eigenvalue weighted by atomic mass is 10.4. The van der Waals surface area contributed by atoms with E-state index in [2.05, 4.69) is 20.9 Å². The fraction of sp³-hybridized carbons (Fsp3) is 0.545. The number of hydrogen-bond donors (Lipinski definition) is 1. The molecule has 1 aliphatic carbocycles. The van der Waals surface area contributed by atoms with Crippen LogP contribution < -0.4 is 9.46 Å². The van der Waals surface area contributed by atoms with E-state index in [-0.39, 0.29) is 15.2 Å². The number of hydrogen-bond acceptors (Lipinski definition) is 4. The van der Waals surface area contributed by atoms with Crippen LogP contribution in [0.3, 0.4) is 0 Å². The Bertz CT molecular complexity index is 618. The average Bonchev–Trinajstić information content (AvgIpc) is 3.18. The molecule has 118 valence electrons. The van der Waals surface area contributed by atoms with Gasteiger partial charge in [0.2, 0.25) is 15.9 Å². The number of ether oxygens (including phenoxy) is 1. The lowest BCUT2D eigenvalue weighted by Gasteiger charge is -2.11. The highest BCUT2D eigenvalue weighted by molar-refractivity contribution is 9.10. The van der Waals surface area contributed by atoms with Gasteiger partial charge in [-0.1, -0.05) is 0 Å². The molecule has 0 spiro atoms. The van der Waals surface area contributed by atoms with Gasteiger partial charge in [0.1, 0.15) is 11.4 Å². The van der Waals surface area contributed by atoms with Crippen LogP contribution in [-0.4, -0.2) is 32.7 Å². The van der Waals surface area contributed by atoms with Gasteiger partial charge in [-0.3, -0.25) is 0 Å². The van der Waals surface area contributed by atoms with Gasteiger partial charge in [0.05, 0.1) is 17.3 Å². The normalized spacial score (nSPS) is 16.0. The van der Waals surface area contributed by atoms with E-state index >= 15 is 0 Å². The van der Waals surface area contributed by atoms with Crippen molar-refractivity contribution < 1.29 is 26.3 Å². The Kier molecular flexibility index (Phi) is 4.79. The predicted octanol–water partition coefficient (Wildman–Crippen LogP) is 2.47. The molecule has 5 nitrogen and oxygen atoms in total. The second-order valence-corrected chi connectivity index (χ2v) is 7.27. The van der Waals surface area contributed by atoms with Crippen LogP contribution in [-0.2, 0) is 10.0 Å². The highest BCUT2D eigenvalue weighted by Crippen LogP contribution is 2.31. The standard InChI is InChI=1S/C11H12BrF3N2O3S/c12-9-3-8(21(18,19)17-6-11(13,14)15)4-16-10(9)20-5-7-1-2-7/h3-4,7,17H,1-2,5-6H2. The van der Waals surface area contributed by atoms with Gasteiger partial charge in [-0.25, -0.2) is 18.1 Å². The molecule has 0 bridgehead atoms. The van der Waals surface area contributed by atoms with E-state index in [4.69, 9.17) is 4.74 Å². The first-order valence-corrected chi connectivity index (χ1v) is 8.30. The monoisotopic (exact) mass is 388 g/mol. The van der Waals surface area contributed by atoms with Crippen LogP contribution in [0.5, 0.6) is 5.88 Å². The van der Waals surface area contributed by atoms with Gasteiger partial charge >= 0.3 is 6.18 Å². The van der Waals surface area contributed by atoms with Crippen molar-refractivity contribution in [1.29, 1.82) is 0 Å². The first kappa shape index (κ1) is 16.5. The molecule has 0 amide bonds. The van der Waals surface area contributed by atoms with Crippen LogP contribution in [0.15, 0.2) is 21.6 Å². The minimum absolute atomic E-state index is 0.219. The Labute approximate surface area is 128 Å². The number of halogens is 4. The number of sulfonamides is 1. The number of pyridine rings is 1. The number of nitrogens with zero attached hydrogens (tertiary/aromatic N) is 1. The second kappa shape index (κ2) is 6.09. The first-order chi connectivity index (χ1) is 9.67. The summed E-state index contributed by atoms with van der Waals surface area (Å²) in [6.45, 7) is -1.14. The smallest absolute Gasteiger partial charge is 0.402 e. The third kappa shape index (κ3) is 5.11. The minimum atomic E-state index is -4.62. The summed E-state index contributed by atoms with van der Waals surface area (Å²) >= 11 is 3.10. The summed E-state index contributed by atoms with van der Waals surface area (Å²) in [4.78, 5) is 3.46. The van der Waals surface area contributed by atoms with E-state index in [1.54, 1.807) is 0 Å². The molecule has 0 unspecified atom stereocenters. The van der Waals surface area contributed by atoms with Gasteiger partial charge in [0, 0.05) is 0 Å². The molecule has 0 aromatic carbocycles. The number of rotatable bonds is 6. The maximum Gasteiger partial charge on any atom is 0.402 e. The molecule has 2 rings (SSSR count). The number of aromatic nitrogens is 1. The molecule has 21 heavy (non-hydrogen) atoms. The summed E-state index contributed by atoms with van der Waals surface area (Å²) in [5.74, 6) is 0.715. The largest absolute Gasteiger partial charge is 0.477 e. The maximum atomic E-state index is 12.1. The number of alkyl halides is 3. The van der Waals surface area contributed by atoms with Crippen molar-refractivity contribution in [3.8, 4) is 5.88 Å². The summed E-state index contributed by atoms with van der Waals surface area (Å²) in [7, 11) is -4.27. The summed E-state index contributed by atoms with van der Waals surface area (Å²) in [5, 5.41) is 0. The lowest BCUT2D eigenvalue weighted by molar-refractivity contribution is -0.121. The molecular formula is C11H12BrF3N2O3S. The van der Waals surface area contributed by atoms with Gasteiger partial charge < -0.3 is 4.74 Å². The molecule has 1 N–H and O–H groups in total. The van der Waals surface area contributed by atoms with Crippen molar-refractivity contribution in [2.75, 3.05) is 13.2 Å². The summed E-state index contributed by atoms with van der Waals surface area (Å²) in [6.07, 6.45) is -1.48. The molecule has 1 saturated carbocycles. The molecule has 1 heterocycles. The van der Waals surface area contributed by atoms with Gasteiger partial charge in [-0.15, -0.1) is 0 Å². The van der Waals surface area contributed by atoms with Gasteiger partial charge in [-0.05, 0) is 40.8 Å². The molecule has 10 heteroatoms. The van der Waals surface area contributed by atoms with Crippen LogP contribution in [0.4, 0.5) is 13.2 Å². The quantitative estimate of drug-likeness (QED) is 0.812. The van der Waals surface area contributed by atoms with Crippen LogP contribution >= 0.6 is 15.9 Å². The third-order valence-corrected chi connectivity index (χ3v) is 4.64. The fourth-order valence-corrected chi connectivity index (χ4v) is 3.00. The van der Waals surface area contributed by atoms with E-state index in [0.717, 1.165) is 25.1 Å². The van der Waals surface area contributed by atoms with Crippen LogP contribution in [0.1, 0.15) is 12.8 Å². The van der Waals surface area contributed by atoms with E-state index in [1.165, 1.54) is 4.72 Å². The van der Waals surface area contributed by atoms with Crippen LogP contribution in [0, 0.1) is 5.92 Å². The van der Waals surface area contributed by atoms with E-state index in [1.807, 2.05) is 0 Å². The molecule has 0 atom stereocenters. The molecule has 1 aromatic heterocycles. The van der Waals surface area contributed by atoms with E-state index < -0.39 is 22.7 Å². The first-order valence-electron chi connectivity index (χ1n) is 6.02. The maximum absolute atomic E-state index is 12.1. The zero-order valence-corrected chi connectivity index (χ0v) is 13.1. The summed E-state index contributed by atoms with van der Waals surface area (Å²) < 4.78 is 66.7. The highest BCUT2D eigenvalue weighted by atomic mass is 79.9. The van der Waals surface area contributed by atoms with Crippen molar-refractivity contribution in [1.82, 2.24) is 9.71 Å². The Morgan fingerprint density at radius 1 is 1.43 bits per heavy atom. The van der Waals surface area contributed by atoms with Crippen LogP contribution in [0.25, 0.3) is 0 Å². The SMILES string of the molecule is O=S(=O)(NCC(F)(F)F)c1cnc(OCC2CC2)c(Br)c1. The molecule has 1 aromatic rings. The molecule has 0 saturated heterocycles. The zero-order valence-electron chi connectivity index (χ0n) is 10.7.